The summed E-state index contributed by atoms with van der Waals surface area (Å²) in [4.78, 5) is 11.2. The Kier molecular flexibility index (Phi) is 4.42. The lowest BCUT2D eigenvalue weighted by Gasteiger charge is -2.33. The van der Waals surface area contributed by atoms with Crippen molar-refractivity contribution < 1.29 is 4.74 Å². The zero-order valence-electron chi connectivity index (χ0n) is 13.5. The fraction of sp³-hybridized carbons (Fsp3) is 0.211. The minimum Gasteiger partial charge on any atom is -0.367 e. The maximum Gasteiger partial charge on any atom is 0.146 e. The summed E-state index contributed by atoms with van der Waals surface area (Å²) >= 11 is 1.61. The highest BCUT2D eigenvalue weighted by Gasteiger charge is 2.26. The van der Waals surface area contributed by atoms with Crippen LogP contribution in [0.2, 0.25) is 0 Å². The lowest BCUT2D eigenvalue weighted by Crippen LogP contribution is -2.39. The van der Waals surface area contributed by atoms with E-state index in [1.54, 1.807) is 29.7 Å². The molecule has 0 saturated carbocycles. The summed E-state index contributed by atoms with van der Waals surface area (Å²) in [5.41, 5.74) is 2.67. The van der Waals surface area contributed by atoms with Gasteiger partial charge in [0.1, 0.15) is 23.0 Å². The maximum atomic E-state index is 9.30. The van der Waals surface area contributed by atoms with Crippen molar-refractivity contribution in [2.24, 2.45) is 0 Å². The largest absolute Gasteiger partial charge is 0.367 e. The number of anilines is 1. The highest BCUT2D eigenvalue weighted by atomic mass is 32.1. The van der Waals surface area contributed by atoms with Gasteiger partial charge in [-0.3, -0.25) is 0 Å². The topological polar surface area (TPSA) is 62.0 Å². The summed E-state index contributed by atoms with van der Waals surface area (Å²) in [6.45, 7) is 1.96. The smallest absolute Gasteiger partial charge is 0.146 e. The molecular weight excluding hydrogens is 332 g/mol. The van der Waals surface area contributed by atoms with Gasteiger partial charge >= 0.3 is 0 Å². The molecular formula is C19H16N4OS. The molecule has 124 valence electrons. The van der Waals surface area contributed by atoms with Crippen molar-refractivity contribution in [2.75, 3.05) is 24.6 Å². The summed E-state index contributed by atoms with van der Waals surface area (Å²) in [6.07, 6.45) is 1.61. The Morgan fingerprint density at radius 1 is 1.20 bits per heavy atom. The molecule has 1 unspecified atom stereocenters. The third kappa shape index (κ3) is 3.25. The quantitative estimate of drug-likeness (QED) is 0.723. The van der Waals surface area contributed by atoms with Gasteiger partial charge in [0.15, 0.2) is 0 Å². The first kappa shape index (κ1) is 15.8. The van der Waals surface area contributed by atoms with Crippen LogP contribution < -0.4 is 4.90 Å². The van der Waals surface area contributed by atoms with Crippen LogP contribution in [0.4, 0.5) is 5.82 Å². The van der Waals surface area contributed by atoms with E-state index >= 15 is 0 Å². The molecule has 1 aromatic carbocycles. The second kappa shape index (κ2) is 7.01. The molecule has 0 spiro atoms. The molecule has 1 fully saturated rings. The summed E-state index contributed by atoms with van der Waals surface area (Å²) in [6, 6.07) is 15.9. The van der Waals surface area contributed by atoms with E-state index in [0.29, 0.717) is 18.7 Å². The Morgan fingerprint density at radius 2 is 2.08 bits per heavy atom. The molecule has 1 atom stereocenters. The third-order valence-electron chi connectivity index (χ3n) is 4.14. The zero-order valence-corrected chi connectivity index (χ0v) is 14.3. The van der Waals surface area contributed by atoms with Gasteiger partial charge < -0.3 is 9.64 Å². The van der Waals surface area contributed by atoms with Crippen LogP contribution in [0.3, 0.4) is 0 Å². The minimum absolute atomic E-state index is 0.107. The van der Waals surface area contributed by atoms with E-state index in [1.807, 2.05) is 18.2 Å². The number of aromatic nitrogens is 2. The average Bonchev–Trinajstić information content (AvgIpc) is 3.19. The van der Waals surface area contributed by atoms with Crippen LogP contribution in [0, 0.1) is 11.3 Å². The second-order valence-corrected chi connectivity index (χ2v) is 6.62. The van der Waals surface area contributed by atoms with E-state index in [-0.39, 0.29) is 6.10 Å². The molecule has 0 bridgehead atoms. The molecule has 1 saturated heterocycles. The Balaban J connectivity index is 1.56. The summed E-state index contributed by atoms with van der Waals surface area (Å²) < 4.78 is 5.93. The van der Waals surface area contributed by atoms with Gasteiger partial charge in [0.05, 0.1) is 24.4 Å². The van der Waals surface area contributed by atoms with E-state index in [0.717, 1.165) is 28.6 Å². The first-order valence-corrected chi connectivity index (χ1v) is 8.95. The van der Waals surface area contributed by atoms with E-state index in [4.69, 9.17) is 9.72 Å². The molecule has 1 aliphatic rings. The van der Waals surface area contributed by atoms with Crippen molar-refractivity contribution in [3.63, 3.8) is 0 Å². The van der Waals surface area contributed by atoms with Crippen molar-refractivity contribution in [1.82, 2.24) is 9.97 Å². The van der Waals surface area contributed by atoms with Crippen molar-refractivity contribution in [3.8, 4) is 17.3 Å². The number of nitrogens with zero attached hydrogens (tertiary/aromatic N) is 4. The fourth-order valence-electron chi connectivity index (χ4n) is 2.90. The number of thiazole rings is 1. The van der Waals surface area contributed by atoms with Crippen LogP contribution >= 0.6 is 11.3 Å². The Bertz CT molecular complexity index is 903. The van der Waals surface area contributed by atoms with Crippen molar-refractivity contribution in [2.45, 2.75) is 6.10 Å². The molecule has 1 aliphatic heterocycles. The molecule has 2 aromatic heterocycles. The van der Waals surface area contributed by atoms with Gasteiger partial charge in [-0.15, -0.1) is 11.3 Å². The molecule has 0 radical (unpaired) electrons. The van der Waals surface area contributed by atoms with Crippen LogP contribution in [-0.4, -0.2) is 29.7 Å². The van der Waals surface area contributed by atoms with Gasteiger partial charge in [-0.25, -0.2) is 9.97 Å². The molecule has 0 N–H and O–H groups in total. The van der Waals surface area contributed by atoms with Crippen LogP contribution in [-0.2, 0) is 4.74 Å². The normalized spacial score (nSPS) is 17.2. The molecule has 5 nitrogen and oxygen atoms in total. The van der Waals surface area contributed by atoms with Gasteiger partial charge in [-0.05, 0) is 12.1 Å². The van der Waals surface area contributed by atoms with E-state index in [2.05, 4.69) is 33.5 Å². The van der Waals surface area contributed by atoms with Crippen LogP contribution in [0.25, 0.3) is 11.3 Å². The maximum absolute atomic E-state index is 9.30. The lowest BCUT2D eigenvalue weighted by molar-refractivity contribution is 0.0394. The summed E-state index contributed by atoms with van der Waals surface area (Å²) in [7, 11) is 0. The second-order valence-electron chi connectivity index (χ2n) is 5.73. The predicted octanol–water partition coefficient (Wildman–Crippen LogP) is 3.65. The summed E-state index contributed by atoms with van der Waals surface area (Å²) in [5, 5.41) is 12.3. The SMILES string of the molecule is N#Cc1cccnc1N1CCOC(c2nc(-c3ccccc3)cs2)C1. The molecule has 6 heteroatoms. The van der Waals surface area contributed by atoms with E-state index in [1.165, 1.54) is 0 Å². The van der Waals surface area contributed by atoms with E-state index in [9.17, 15) is 5.26 Å². The lowest BCUT2D eigenvalue weighted by atomic mass is 10.2. The van der Waals surface area contributed by atoms with Gasteiger partial charge in [0.25, 0.3) is 0 Å². The first-order valence-electron chi connectivity index (χ1n) is 8.07. The number of pyridine rings is 1. The zero-order chi connectivity index (χ0) is 17.1. The van der Waals surface area contributed by atoms with Crippen LogP contribution in [0.15, 0.2) is 54.0 Å². The van der Waals surface area contributed by atoms with E-state index < -0.39 is 0 Å². The highest BCUT2D eigenvalue weighted by molar-refractivity contribution is 7.10. The predicted molar refractivity (Wildman–Crippen MR) is 97.4 cm³/mol. The number of rotatable bonds is 3. The first-order chi connectivity index (χ1) is 12.3. The number of hydrogen-bond acceptors (Lipinski definition) is 6. The van der Waals surface area contributed by atoms with Crippen LogP contribution in [0.1, 0.15) is 16.7 Å². The molecule has 4 rings (SSSR count). The number of benzene rings is 1. The number of hydrogen-bond donors (Lipinski definition) is 0. The Labute approximate surface area is 150 Å². The van der Waals surface area contributed by atoms with Crippen molar-refractivity contribution >= 4 is 17.2 Å². The number of morpholine rings is 1. The molecule has 0 amide bonds. The van der Waals surface area contributed by atoms with Crippen molar-refractivity contribution in [1.29, 1.82) is 5.26 Å². The highest BCUT2D eigenvalue weighted by Crippen LogP contribution is 2.31. The van der Waals surface area contributed by atoms with Crippen molar-refractivity contribution in [3.05, 3.63) is 64.6 Å². The molecule has 3 heterocycles. The average molecular weight is 348 g/mol. The molecule has 3 aromatic rings. The number of nitriles is 1. The monoisotopic (exact) mass is 348 g/mol. The van der Waals surface area contributed by atoms with Gasteiger partial charge in [0, 0.05) is 23.7 Å². The standard InChI is InChI=1S/C19H16N4OS/c20-11-15-7-4-8-21-18(15)23-9-10-24-17(12-23)19-22-16(13-25-19)14-5-2-1-3-6-14/h1-8,13,17H,9-10,12H2. The fourth-order valence-corrected chi connectivity index (χ4v) is 3.77. The molecule has 0 aliphatic carbocycles. The summed E-state index contributed by atoms with van der Waals surface area (Å²) in [5.74, 6) is 0.720. The molecule has 25 heavy (non-hydrogen) atoms. The van der Waals surface area contributed by atoms with Gasteiger partial charge in [-0.1, -0.05) is 30.3 Å². The number of ether oxygens (including phenoxy) is 1. The third-order valence-corrected chi connectivity index (χ3v) is 5.08. The Morgan fingerprint density at radius 3 is 2.92 bits per heavy atom. The van der Waals surface area contributed by atoms with Crippen LogP contribution in [0.5, 0.6) is 0 Å². The van der Waals surface area contributed by atoms with Gasteiger partial charge in [-0.2, -0.15) is 5.26 Å². The Hall–Kier alpha value is -2.75. The van der Waals surface area contributed by atoms with Gasteiger partial charge in [0.2, 0.25) is 0 Å². The minimum atomic E-state index is -0.107.